The summed E-state index contributed by atoms with van der Waals surface area (Å²) < 4.78 is 0. The van der Waals surface area contributed by atoms with Gasteiger partial charge < -0.3 is 9.79 Å². The van der Waals surface area contributed by atoms with Crippen molar-refractivity contribution in [1.29, 1.82) is 0 Å². The first-order chi connectivity index (χ1) is 6.45. The first-order valence-electron chi connectivity index (χ1n) is 4.79. The number of hydrogen-bond donors (Lipinski definition) is 3. The van der Waals surface area contributed by atoms with Crippen molar-refractivity contribution >= 4 is 37.1 Å². The van der Waals surface area contributed by atoms with Crippen LogP contribution < -0.4 is 4.86 Å². The molecule has 0 radical (unpaired) electrons. The van der Waals surface area contributed by atoms with Gasteiger partial charge >= 0.3 is 0 Å². The Hall–Kier alpha value is 1.18. The van der Waals surface area contributed by atoms with Crippen LogP contribution in [0.5, 0.6) is 0 Å². The summed E-state index contributed by atoms with van der Waals surface area (Å²) in [6.45, 7) is 0. The van der Waals surface area contributed by atoms with Crippen LogP contribution in [0.3, 0.4) is 0 Å². The lowest BCUT2D eigenvalue weighted by molar-refractivity contribution is 0.470. The summed E-state index contributed by atoms with van der Waals surface area (Å²) in [7, 11) is -2.03. The van der Waals surface area contributed by atoms with Crippen molar-refractivity contribution in [2.75, 3.05) is 0 Å². The second-order valence-corrected chi connectivity index (χ2v) is 10.7. The van der Waals surface area contributed by atoms with Gasteiger partial charge in [-0.1, -0.05) is 11.8 Å². The third kappa shape index (κ3) is 1.89. The van der Waals surface area contributed by atoms with Crippen molar-refractivity contribution in [3.05, 3.63) is 0 Å². The van der Waals surface area contributed by atoms with Crippen molar-refractivity contribution < 1.29 is 9.79 Å². The van der Waals surface area contributed by atoms with Crippen molar-refractivity contribution in [3.63, 3.8) is 0 Å². The minimum atomic E-state index is -2.61. The molecule has 2 aliphatic carbocycles. The normalized spacial score (nSPS) is 42.3. The first kappa shape index (κ1) is 11.7. The Bertz CT molecular complexity index is 315. The summed E-state index contributed by atoms with van der Waals surface area (Å²) in [5.41, 5.74) is 0. The highest BCUT2D eigenvalue weighted by molar-refractivity contribution is 8.16. The van der Waals surface area contributed by atoms with Crippen LogP contribution in [0, 0.1) is 5.92 Å². The van der Waals surface area contributed by atoms with Crippen LogP contribution in [0.1, 0.15) is 32.1 Å². The zero-order valence-electron chi connectivity index (χ0n) is 7.77. The van der Waals surface area contributed by atoms with E-state index in [-0.39, 0.29) is 5.16 Å². The first-order valence-corrected chi connectivity index (χ1v) is 10.1. The summed E-state index contributed by atoms with van der Waals surface area (Å²) in [6.07, 6.45) is 2.83. The van der Waals surface area contributed by atoms with E-state index in [0.717, 1.165) is 25.2 Å². The van der Waals surface area contributed by atoms with E-state index in [2.05, 4.69) is 4.86 Å². The van der Waals surface area contributed by atoms with Gasteiger partial charge in [0, 0.05) is 5.16 Å². The molecule has 0 aromatic carbocycles. The second kappa shape index (κ2) is 3.89. The molecule has 2 unspecified atom stereocenters. The molecule has 2 bridgehead atoms. The summed E-state index contributed by atoms with van der Waals surface area (Å²) in [5.74, 6) is 0.755. The molecule has 2 atom stereocenters. The molecule has 2 saturated carbocycles. The zero-order chi connectivity index (χ0) is 10.4. The minimum Gasteiger partial charge on any atom is -0.356 e. The Balaban J connectivity index is 2.20. The van der Waals surface area contributed by atoms with E-state index in [1.165, 1.54) is 12.8 Å². The van der Waals surface area contributed by atoms with Crippen LogP contribution in [-0.4, -0.2) is 14.9 Å². The van der Waals surface area contributed by atoms with Crippen LogP contribution in [0.25, 0.3) is 0 Å². The van der Waals surface area contributed by atoms with Gasteiger partial charge in [-0.25, -0.2) is 4.86 Å². The zero-order valence-corrected chi connectivity index (χ0v) is 11.3. The van der Waals surface area contributed by atoms with E-state index in [1.807, 2.05) is 0 Å². The van der Waals surface area contributed by atoms with Crippen LogP contribution in [0.15, 0.2) is 0 Å². The number of hydrogen-bond acceptors (Lipinski definition) is 2. The molecule has 2 fully saturated rings. The Labute approximate surface area is 95.0 Å². The van der Waals surface area contributed by atoms with Crippen molar-refractivity contribution in [3.8, 4) is 0 Å². The molecule has 14 heavy (non-hydrogen) atoms. The van der Waals surface area contributed by atoms with E-state index in [1.54, 1.807) is 0 Å². The largest absolute Gasteiger partial charge is 0.356 e. The predicted octanol–water partition coefficient (Wildman–Crippen LogP) is 1.71. The summed E-state index contributed by atoms with van der Waals surface area (Å²) in [6, 6.07) is 0. The monoisotopic (exact) mass is 271 g/mol. The van der Waals surface area contributed by atoms with Gasteiger partial charge in [-0.2, -0.15) is 0 Å². The van der Waals surface area contributed by atoms with Gasteiger partial charge in [0.25, 0.3) is 0 Å². The third-order valence-electron chi connectivity index (χ3n) is 3.59. The molecule has 3 N–H and O–H groups in total. The molecular weight excluding hydrogens is 256 g/mol. The number of nitrogens with one attached hydrogen (secondary N) is 1. The van der Waals surface area contributed by atoms with Gasteiger partial charge in [-0.3, -0.25) is 0 Å². The maximum Gasteiger partial charge on any atom is 0.138 e. The van der Waals surface area contributed by atoms with Gasteiger partial charge in [0.05, 0.1) is 0 Å². The van der Waals surface area contributed by atoms with Gasteiger partial charge in [0.2, 0.25) is 0 Å². The Morgan fingerprint density at radius 3 is 2.36 bits per heavy atom. The fourth-order valence-electron chi connectivity index (χ4n) is 2.84. The molecule has 0 aromatic rings. The summed E-state index contributed by atoms with van der Waals surface area (Å²) >= 11 is 9.99. The van der Waals surface area contributed by atoms with E-state index >= 15 is 0 Å². The van der Waals surface area contributed by atoms with Crippen LogP contribution in [0.4, 0.5) is 0 Å². The molecule has 0 aliphatic heterocycles. The molecule has 2 rings (SSSR count). The highest BCUT2D eigenvalue weighted by atomic mass is 32.5. The van der Waals surface area contributed by atoms with Gasteiger partial charge in [0.1, 0.15) is 13.5 Å². The van der Waals surface area contributed by atoms with Crippen LogP contribution in [0.2, 0.25) is 0 Å². The second-order valence-electron chi connectivity index (χ2n) is 4.36. The SMILES string of the molecule is O[PH](=S)NP(O)(=S)C12CCC(CC1)C2. The fourth-order valence-corrected chi connectivity index (χ4v) is 9.45. The minimum absolute atomic E-state index is 0.0928. The Morgan fingerprint density at radius 1 is 1.43 bits per heavy atom. The van der Waals surface area contributed by atoms with Crippen molar-refractivity contribution in [2.45, 2.75) is 37.3 Å². The molecule has 82 valence electrons. The molecule has 2 aliphatic rings. The van der Waals surface area contributed by atoms with Gasteiger partial charge in [0.15, 0.2) is 0 Å². The quantitative estimate of drug-likeness (QED) is 0.682. The summed E-state index contributed by atoms with van der Waals surface area (Å²) in [5, 5.41) is -0.0928. The number of rotatable bonds is 3. The fraction of sp³-hybridized carbons (Fsp3) is 1.00. The van der Waals surface area contributed by atoms with Crippen molar-refractivity contribution in [2.24, 2.45) is 5.92 Å². The molecule has 0 saturated heterocycles. The third-order valence-corrected chi connectivity index (χ3v) is 10.3. The number of fused-ring (bicyclic) bond motifs is 2. The summed E-state index contributed by atoms with van der Waals surface area (Å²) in [4.78, 5) is 22.2. The standard InChI is InChI=1S/C7H15NO2P2S2/c9-11(13)8-12(10,14)7-3-1-6(5-7)2-4-7/h6,11H,1-5H2,(H3,8,9,10,13,14). The maximum atomic E-state index is 10.3. The predicted molar refractivity (Wildman–Crippen MR) is 66.8 cm³/mol. The Morgan fingerprint density at radius 2 is 2.00 bits per heavy atom. The van der Waals surface area contributed by atoms with Crippen molar-refractivity contribution in [1.82, 2.24) is 4.86 Å². The van der Waals surface area contributed by atoms with E-state index in [9.17, 15) is 9.79 Å². The van der Waals surface area contributed by atoms with Crippen LogP contribution >= 0.6 is 13.5 Å². The lowest BCUT2D eigenvalue weighted by Crippen LogP contribution is -2.27. The lowest BCUT2D eigenvalue weighted by Gasteiger charge is -2.35. The lowest BCUT2D eigenvalue weighted by atomic mass is 10.0. The maximum absolute atomic E-state index is 10.3. The van der Waals surface area contributed by atoms with Gasteiger partial charge in [-0.15, -0.1) is 0 Å². The van der Waals surface area contributed by atoms with Gasteiger partial charge in [-0.05, 0) is 49.8 Å². The molecule has 3 nitrogen and oxygen atoms in total. The van der Waals surface area contributed by atoms with E-state index in [4.69, 9.17) is 23.6 Å². The molecule has 0 spiro atoms. The highest BCUT2D eigenvalue weighted by Gasteiger charge is 2.53. The average molecular weight is 271 g/mol. The van der Waals surface area contributed by atoms with E-state index < -0.39 is 13.5 Å². The van der Waals surface area contributed by atoms with E-state index in [0.29, 0.717) is 0 Å². The van der Waals surface area contributed by atoms with Crippen LogP contribution in [-0.2, 0) is 23.6 Å². The topological polar surface area (TPSA) is 52.5 Å². The Kier molecular flexibility index (Phi) is 3.24. The smallest absolute Gasteiger partial charge is 0.138 e. The molecule has 0 aromatic heterocycles. The molecule has 0 heterocycles. The molecule has 7 heteroatoms. The molecular formula is C7H15NO2P2S2. The highest BCUT2D eigenvalue weighted by Crippen LogP contribution is 2.68. The average Bonchev–Trinajstić information content (AvgIpc) is 2.60. The molecule has 0 amide bonds.